The largest absolute Gasteiger partial charge is 0.482 e. The van der Waals surface area contributed by atoms with E-state index >= 15 is 0 Å². The minimum Gasteiger partial charge on any atom is -0.482 e. The van der Waals surface area contributed by atoms with Crippen LogP contribution in [0, 0.1) is 0 Å². The summed E-state index contributed by atoms with van der Waals surface area (Å²) in [6, 6.07) is 6.77. The fourth-order valence-corrected chi connectivity index (χ4v) is 2.76. The lowest BCUT2D eigenvalue weighted by Gasteiger charge is -2.17. The van der Waals surface area contributed by atoms with E-state index in [-0.39, 0.29) is 24.3 Å². The van der Waals surface area contributed by atoms with E-state index < -0.39 is 12.1 Å². The third kappa shape index (κ3) is 5.89. The molecule has 1 N–H and O–H groups in total. The van der Waals surface area contributed by atoms with Gasteiger partial charge in [0.25, 0.3) is 5.91 Å². The van der Waals surface area contributed by atoms with Gasteiger partial charge in [0.05, 0.1) is 0 Å². The van der Waals surface area contributed by atoms with E-state index in [2.05, 4.69) is 5.32 Å². The monoisotopic (exact) mass is 347 g/mol. The molecule has 0 unspecified atom stereocenters. The highest BCUT2D eigenvalue weighted by Crippen LogP contribution is 2.18. The number of esters is 1. The van der Waals surface area contributed by atoms with Gasteiger partial charge in [-0.05, 0) is 44.0 Å². The van der Waals surface area contributed by atoms with Crippen molar-refractivity contribution in [3.05, 3.63) is 29.8 Å². The first-order valence-corrected chi connectivity index (χ1v) is 8.75. The van der Waals surface area contributed by atoms with Gasteiger partial charge in [-0.15, -0.1) is 0 Å². The Morgan fingerprint density at radius 3 is 2.40 bits per heavy atom. The van der Waals surface area contributed by atoms with E-state index in [1.165, 1.54) is 0 Å². The molecule has 0 radical (unpaired) electrons. The van der Waals surface area contributed by atoms with E-state index in [1.807, 2.05) is 0 Å². The highest BCUT2D eigenvalue weighted by molar-refractivity contribution is 5.95. The molecule has 1 atom stereocenters. The van der Waals surface area contributed by atoms with Gasteiger partial charge in [0, 0.05) is 18.0 Å². The fraction of sp³-hybridized carbons (Fsp3) is 0.526. The summed E-state index contributed by atoms with van der Waals surface area (Å²) in [7, 11) is 0. The Balaban J connectivity index is 1.73. The topological polar surface area (TPSA) is 81.7 Å². The lowest BCUT2D eigenvalue weighted by atomic mass is 10.1. The zero-order chi connectivity index (χ0) is 18.2. The van der Waals surface area contributed by atoms with Crippen molar-refractivity contribution in [1.29, 1.82) is 0 Å². The summed E-state index contributed by atoms with van der Waals surface area (Å²) < 4.78 is 10.4. The van der Waals surface area contributed by atoms with Gasteiger partial charge in [0.15, 0.2) is 18.5 Å². The van der Waals surface area contributed by atoms with Crippen LogP contribution in [0.15, 0.2) is 24.3 Å². The van der Waals surface area contributed by atoms with Crippen LogP contribution in [0.25, 0.3) is 0 Å². The Morgan fingerprint density at radius 2 is 1.80 bits per heavy atom. The fourth-order valence-electron chi connectivity index (χ4n) is 2.76. The Labute approximate surface area is 147 Å². The molecular weight excluding hydrogens is 322 g/mol. The van der Waals surface area contributed by atoms with Crippen LogP contribution in [0.4, 0.5) is 0 Å². The number of ether oxygens (including phenoxy) is 2. The van der Waals surface area contributed by atoms with Crippen LogP contribution < -0.4 is 10.1 Å². The molecule has 0 aromatic heterocycles. The van der Waals surface area contributed by atoms with Gasteiger partial charge in [-0.25, -0.2) is 4.79 Å². The molecule has 2 rings (SSSR count). The molecule has 0 heterocycles. The van der Waals surface area contributed by atoms with Crippen LogP contribution in [0.5, 0.6) is 5.75 Å². The summed E-state index contributed by atoms with van der Waals surface area (Å²) in [6.45, 7) is 3.06. The zero-order valence-electron chi connectivity index (χ0n) is 14.7. The first-order valence-electron chi connectivity index (χ1n) is 8.75. The molecule has 1 amide bonds. The molecule has 0 saturated heterocycles. The average Bonchev–Trinajstić information content (AvgIpc) is 3.12. The third-order valence-electron chi connectivity index (χ3n) is 4.23. The third-order valence-corrected chi connectivity index (χ3v) is 4.23. The SMILES string of the molecule is CCC(=O)c1ccc(OCC(=O)O[C@@H](C)C(=O)NC2CCCC2)cc1. The van der Waals surface area contributed by atoms with Crippen LogP contribution in [-0.4, -0.2) is 36.4 Å². The minimum atomic E-state index is -0.846. The molecule has 25 heavy (non-hydrogen) atoms. The standard InChI is InChI=1S/C19H25NO5/c1-3-17(21)14-8-10-16(11-9-14)24-12-18(22)25-13(2)19(23)20-15-6-4-5-7-15/h8-11,13,15H,3-7,12H2,1-2H3,(H,20,23)/t13-/m0/s1. The first kappa shape index (κ1) is 19.0. The van der Waals surface area contributed by atoms with Crippen molar-refractivity contribution in [1.82, 2.24) is 5.32 Å². The predicted octanol–water partition coefficient (Wildman–Crippen LogP) is 2.65. The normalized spacial score (nSPS) is 15.4. The summed E-state index contributed by atoms with van der Waals surface area (Å²) >= 11 is 0. The number of Topliss-reactive ketones (excluding diaryl/α,β-unsaturated/α-hetero) is 1. The summed E-state index contributed by atoms with van der Waals surface area (Å²) in [4.78, 5) is 35.3. The van der Waals surface area contributed by atoms with Crippen molar-refractivity contribution in [2.45, 2.75) is 58.1 Å². The second-order valence-electron chi connectivity index (χ2n) is 6.21. The second kappa shape index (κ2) is 9.20. The molecule has 0 spiro atoms. The quantitative estimate of drug-likeness (QED) is 0.577. The molecular formula is C19H25NO5. The minimum absolute atomic E-state index is 0.0491. The Morgan fingerprint density at radius 1 is 1.16 bits per heavy atom. The molecule has 1 aliphatic carbocycles. The molecule has 136 valence electrons. The number of carbonyl (C=O) groups is 3. The smallest absolute Gasteiger partial charge is 0.344 e. The van der Waals surface area contributed by atoms with Gasteiger partial charge in [0.2, 0.25) is 0 Å². The van der Waals surface area contributed by atoms with Crippen LogP contribution in [0.1, 0.15) is 56.3 Å². The van der Waals surface area contributed by atoms with Crippen molar-refractivity contribution >= 4 is 17.7 Å². The van der Waals surface area contributed by atoms with Crippen molar-refractivity contribution < 1.29 is 23.9 Å². The van der Waals surface area contributed by atoms with Crippen molar-refractivity contribution in [3.63, 3.8) is 0 Å². The molecule has 0 bridgehead atoms. The maximum absolute atomic E-state index is 12.0. The van der Waals surface area contributed by atoms with Crippen molar-refractivity contribution in [2.75, 3.05) is 6.61 Å². The van der Waals surface area contributed by atoms with Gasteiger partial charge in [-0.3, -0.25) is 9.59 Å². The Bertz CT molecular complexity index is 605. The number of hydrogen-bond donors (Lipinski definition) is 1. The van der Waals surface area contributed by atoms with Crippen molar-refractivity contribution in [2.24, 2.45) is 0 Å². The maximum atomic E-state index is 12.0. The first-order chi connectivity index (χ1) is 12.0. The summed E-state index contributed by atoms with van der Waals surface area (Å²) in [6.07, 6.45) is 3.79. The molecule has 1 aliphatic rings. The van der Waals surface area contributed by atoms with Gasteiger partial charge < -0.3 is 14.8 Å². The Hall–Kier alpha value is -2.37. The second-order valence-corrected chi connectivity index (χ2v) is 6.21. The van der Waals surface area contributed by atoms with Crippen LogP contribution in [0.2, 0.25) is 0 Å². The molecule has 1 aromatic carbocycles. The summed E-state index contributed by atoms with van der Waals surface area (Å²) in [5.74, 6) is -0.369. The predicted molar refractivity (Wildman–Crippen MR) is 92.5 cm³/mol. The van der Waals surface area contributed by atoms with Crippen LogP contribution in [0.3, 0.4) is 0 Å². The molecule has 1 aromatic rings. The molecule has 6 heteroatoms. The van der Waals surface area contributed by atoms with E-state index in [4.69, 9.17) is 9.47 Å². The highest BCUT2D eigenvalue weighted by Gasteiger charge is 2.23. The van der Waals surface area contributed by atoms with Gasteiger partial charge in [-0.2, -0.15) is 0 Å². The zero-order valence-corrected chi connectivity index (χ0v) is 14.7. The lowest BCUT2D eigenvalue weighted by molar-refractivity contribution is -0.156. The Kier molecular flexibility index (Phi) is 6.98. The van der Waals surface area contributed by atoms with E-state index in [0.29, 0.717) is 17.7 Å². The number of ketones is 1. The molecule has 1 saturated carbocycles. The van der Waals surface area contributed by atoms with E-state index in [1.54, 1.807) is 38.1 Å². The average molecular weight is 347 g/mol. The van der Waals surface area contributed by atoms with E-state index in [9.17, 15) is 14.4 Å². The molecule has 6 nitrogen and oxygen atoms in total. The number of hydrogen-bond acceptors (Lipinski definition) is 5. The van der Waals surface area contributed by atoms with Crippen LogP contribution in [-0.2, 0) is 14.3 Å². The number of amides is 1. The van der Waals surface area contributed by atoms with Gasteiger partial charge >= 0.3 is 5.97 Å². The maximum Gasteiger partial charge on any atom is 0.344 e. The van der Waals surface area contributed by atoms with E-state index in [0.717, 1.165) is 25.7 Å². The van der Waals surface area contributed by atoms with Gasteiger partial charge in [0.1, 0.15) is 5.75 Å². The summed E-state index contributed by atoms with van der Waals surface area (Å²) in [5, 5.41) is 2.89. The van der Waals surface area contributed by atoms with Crippen LogP contribution >= 0.6 is 0 Å². The number of benzene rings is 1. The number of rotatable bonds is 8. The molecule has 1 fully saturated rings. The number of nitrogens with one attached hydrogen (secondary N) is 1. The lowest BCUT2D eigenvalue weighted by Crippen LogP contribution is -2.41. The van der Waals surface area contributed by atoms with Gasteiger partial charge in [-0.1, -0.05) is 19.8 Å². The highest BCUT2D eigenvalue weighted by atomic mass is 16.6. The molecule has 0 aliphatic heterocycles. The number of carbonyl (C=O) groups excluding carboxylic acids is 3. The summed E-state index contributed by atoms with van der Waals surface area (Å²) in [5.41, 5.74) is 0.606. The van der Waals surface area contributed by atoms with Crippen molar-refractivity contribution in [3.8, 4) is 5.75 Å².